The smallest absolute Gasteiger partial charge is 0.234 e. The number of nitrogens with zero attached hydrogens (tertiary/aromatic N) is 3. The van der Waals surface area contributed by atoms with E-state index in [1.54, 1.807) is 0 Å². The molecule has 1 heterocycles. The second-order valence-corrected chi connectivity index (χ2v) is 9.19. The Balaban J connectivity index is 1.33. The molecule has 0 radical (unpaired) electrons. The van der Waals surface area contributed by atoms with Gasteiger partial charge >= 0.3 is 0 Å². The first-order valence-electron chi connectivity index (χ1n) is 11.2. The Morgan fingerprint density at radius 2 is 1.66 bits per heavy atom. The number of amides is 1. The predicted molar refractivity (Wildman–Crippen MR) is 130 cm³/mol. The zero-order valence-corrected chi connectivity index (χ0v) is 18.7. The number of para-hydroxylation sites is 1. The monoisotopic (exact) mass is 442 g/mol. The average Bonchev–Trinajstić information content (AvgIpc) is 3.28. The summed E-state index contributed by atoms with van der Waals surface area (Å²) in [5.74, 6) is 1.68. The first-order chi connectivity index (χ1) is 15.8. The molecule has 1 aromatic heterocycles. The standard InChI is InChI=1S/C26H26N4OS/c31-24(27-22-16-15-19-9-7-8-12-21(19)17-22)18-32-26-29-28-25(20-10-3-1-4-11-20)30(26)23-13-5-2-6-14-23/h2,5-9,12-17,20H,1,3-4,10-11,18H2,(H,27,31). The topological polar surface area (TPSA) is 59.8 Å². The Labute approximate surface area is 192 Å². The lowest BCUT2D eigenvalue weighted by Gasteiger charge is -2.22. The number of rotatable bonds is 6. The summed E-state index contributed by atoms with van der Waals surface area (Å²) in [7, 11) is 0. The third-order valence-corrected chi connectivity index (χ3v) is 6.94. The SMILES string of the molecule is O=C(CSc1nnc(C2CCCCC2)n1-c1ccccc1)Nc1ccc2ccccc2c1. The average molecular weight is 443 g/mol. The van der Waals surface area contributed by atoms with Gasteiger partial charge in [0.25, 0.3) is 0 Å². The van der Waals surface area contributed by atoms with Crippen LogP contribution in [0.2, 0.25) is 0 Å². The highest BCUT2D eigenvalue weighted by Crippen LogP contribution is 2.34. The highest BCUT2D eigenvalue weighted by Gasteiger charge is 2.24. The Morgan fingerprint density at radius 3 is 2.47 bits per heavy atom. The van der Waals surface area contributed by atoms with Gasteiger partial charge < -0.3 is 5.32 Å². The molecule has 0 saturated heterocycles. The van der Waals surface area contributed by atoms with E-state index in [9.17, 15) is 4.79 Å². The van der Waals surface area contributed by atoms with E-state index in [0.29, 0.717) is 5.92 Å². The molecule has 5 rings (SSSR count). The molecule has 0 unspecified atom stereocenters. The van der Waals surface area contributed by atoms with E-state index in [-0.39, 0.29) is 11.7 Å². The van der Waals surface area contributed by atoms with E-state index < -0.39 is 0 Å². The van der Waals surface area contributed by atoms with Crippen molar-refractivity contribution >= 4 is 34.1 Å². The van der Waals surface area contributed by atoms with E-state index in [0.717, 1.165) is 46.0 Å². The minimum absolute atomic E-state index is 0.0490. The van der Waals surface area contributed by atoms with Gasteiger partial charge in [-0.05, 0) is 47.9 Å². The van der Waals surface area contributed by atoms with Crippen LogP contribution in [0.3, 0.4) is 0 Å². The van der Waals surface area contributed by atoms with Crippen LogP contribution in [0.1, 0.15) is 43.8 Å². The van der Waals surface area contributed by atoms with Crippen molar-refractivity contribution in [3.05, 3.63) is 78.6 Å². The van der Waals surface area contributed by atoms with Gasteiger partial charge in [0.1, 0.15) is 5.82 Å². The molecule has 1 fully saturated rings. The summed E-state index contributed by atoms with van der Waals surface area (Å²) in [6.07, 6.45) is 6.08. The van der Waals surface area contributed by atoms with Crippen molar-refractivity contribution in [3.63, 3.8) is 0 Å². The number of benzene rings is 3. The van der Waals surface area contributed by atoms with E-state index in [1.807, 2.05) is 48.5 Å². The molecular formula is C26H26N4OS. The summed E-state index contributed by atoms with van der Waals surface area (Å²) in [5, 5.41) is 15.1. The second kappa shape index (κ2) is 9.57. The van der Waals surface area contributed by atoms with Gasteiger partial charge in [0.2, 0.25) is 5.91 Å². The van der Waals surface area contributed by atoms with Crippen molar-refractivity contribution in [1.29, 1.82) is 0 Å². The number of thioether (sulfide) groups is 1. The van der Waals surface area contributed by atoms with Crippen molar-refractivity contribution in [1.82, 2.24) is 14.8 Å². The van der Waals surface area contributed by atoms with Crippen LogP contribution in [-0.2, 0) is 4.79 Å². The molecule has 5 nitrogen and oxygen atoms in total. The molecule has 32 heavy (non-hydrogen) atoms. The number of carbonyl (C=O) groups is 1. The van der Waals surface area contributed by atoms with Gasteiger partial charge in [0.15, 0.2) is 5.16 Å². The molecule has 0 bridgehead atoms. The highest BCUT2D eigenvalue weighted by molar-refractivity contribution is 7.99. The summed E-state index contributed by atoms with van der Waals surface area (Å²) in [5.41, 5.74) is 1.86. The van der Waals surface area contributed by atoms with E-state index in [2.05, 4.69) is 44.3 Å². The van der Waals surface area contributed by atoms with Gasteiger partial charge in [0, 0.05) is 17.3 Å². The lowest BCUT2D eigenvalue weighted by Crippen LogP contribution is -2.15. The van der Waals surface area contributed by atoms with E-state index in [4.69, 9.17) is 0 Å². The molecule has 1 amide bonds. The molecule has 1 saturated carbocycles. The number of hydrogen-bond acceptors (Lipinski definition) is 4. The maximum Gasteiger partial charge on any atom is 0.234 e. The number of nitrogens with one attached hydrogen (secondary N) is 1. The number of anilines is 1. The maximum atomic E-state index is 12.7. The van der Waals surface area contributed by atoms with Gasteiger partial charge in [-0.1, -0.05) is 79.6 Å². The zero-order valence-electron chi connectivity index (χ0n) is 17.9. The minimum Gasteiger partial charge on any atom is -0.325 e. The van der Waals surface area contributed by atoms with Crippen molar-refractivity contribution < 1.29 is 4.79 Å². The fourth-order valence-electron chi connectivity index (χ4n) is 4.41. The lowest BCUT2D eigenvalue weighted by molar-refractivity contribution is -0.113. The molecule has 0 aliphatic heterocycles. The number of hydrogen-bond donors (Lipinski definition) is 1. The molecule has 0 atom stereocenters. The zero-order chi connectivity index (χ0) is 21.8. The summed E-state index contributed by atoms with van der Waals surface area (Å²) in [6, 6.07) is 24.3. The molecular weight excluding hydrogens is 416 g/mol. The Kier molecular flexibility index (Phi) is 6.21. The van der Waals surface area contributed by atoms with Crippen LogP contribution < -0.4 is 5.32 Å². The van der Waals surface area contributed by atoms with Gasteiger partial charge in [-0.25, -0.2) is 0 Å². The van der Waals surface area contributed by atoms with Crippen molar-refractivity contribution in [2.45, 2.75) is 43.2 Å². The molecule has 1 N–H and O–H groups in total. The first-order valence-corrected chi connectivity index (χ1v) is 12.2. The van der Waals surface area contributed by atoms with Crippen LogP contribution >= 0.6 is 11.8 Å². The summed E-state index contributed by atoms with van der Waals surface area (Å²) < 4.78 is 2.14. The number of aromatic nitrogens is 3. The second-order valence-electron chi connectivity index (χ2n) is 8.25. The summed E-state index contributed by atoms with van der Waals surface area (Å²) >= 11 is 1.44. The quantitative estimate of drug-likeness (QED) is 0.361. The van der Waals surface area contributed by atoms with Crippen LogP contribution in [-0.4, -0.2) is 26.4 Å². The van der Waals surface area contributed by atoms with Gasteiger partial charge in [-0.3, -0.25) is 9.36 Å². The number of carbonyl (C=O) groups excluding carboxylic acids is 1. The van der Waals surface area contributed by atoms with Crippen LogP contribution in [0, 0.1) is 0 Å². The maximum absolute atomic E-state index is 12.7. The predicted octanol–water partition coefficient (Wildman–Crippen LogP) is 6.20. The molecule has 6 heteroatoms. The Morgan fingerprint density at radius 1 is 0.906 bits per heavy atom. The van der Waals surface area contributed by atoms with Crippen molar-refractivity contribution in [3.8, 4) is 5.69 Å². The fourth-order valence-corrected chi connectivity index (χ4v) is 5.17. The first kappa shape index (κ1) is 20.8. The molecule has 162 valence electrons. The van der Waals surface area contributed by atoms with E-state index >= 15 is 0 Å². The Bertz CT molecular complexity index is 1210. The Hall–Kier alpha value is -3.12. The van der Waals surface area contributed by atoms with Crippen LogP contribution in [0.15, 0.2) is 78.0 Å². The molecule has 4 aromatic rings. The fraction of sp³-hybridized carbons (Fsp3) is 0.269. The van der Waals surface area contributed by atoms with Crippen LogP contribution in [0.4, 0.5) is 5.69 Å². The molecule has 1 aliphatic rings. The highest BCUT2D eigenvalue weighted by atomic mass is 32.2. The molecule has 0 spiro atoms. The largest absolute Gasteiger partial charge is 0.325 e. The minimum atomic E-state index is -0.0490. The van der Waals surface area contributed by atoms with Gasteiger partial charge in [-0.15, -0.1) is 10.2 Å². The summed E-state index contributed by atoms with van der Waals surface area (Å²) in [4.78, 5) is 12.7. The lowest BCUT2D eigenvalue weighted by atomic mass is 9.88. The van der Waals surface area contributed by atoms with Crippen molar-refractivity contribution in [2.24, 2.45) is 0 Å². The normalized spacial score (nSPS) is 14.5. The third-order valence-electron chi connectivity index (χ3n) is 6.01. The van der Waals surface area contributed by atoms with Crippen LogP contribution in [0.25, 0.3) is 16.5 Å². The third kappa shape index (κ3) is 4.55. The summed E-state index contributed by atoms with van der Waals surface area (Å²) in [6.45, 7) is 0. The molecule has 1 aliphatic carbocycles. The van der Waals surface area contributed by atoms with Gasteiger partial charge in [0.05, 0.1) is 5.75 Å². The van der Waals surface area contributed by atoms with Crippen LogP contribution in [0.5, 0.6) is 0 Å². The van der Waals surface area contributed by atoms with Gasteiger partial charge in [-0.2, -0.15) is 0 Å². The molecule has 3 aromatic carbocycles. The number of fused-ring (bicyclic) bond motifs is 1. The van der Waals surface area contributed by atoms with Crippen molar-refractivity contribution in [2.75, 3.05) is 11.1 Å². The van der Waals surface area contributed by atoms with E-state index in [1.165, 1.54) is 31.0 Å².